The van der Waals surface area contributed by atoms with Gasteiger partial charge in [-0.3, -0.25) is 4.79 Å². The van der Waals surface area contributed by atoms with Crippen molar-refractivity contribution in [1.82, 2.24) is 9.80 Å². The zero-order valence-corrected chi connectivity index (χ0v) is 20.4. The Kier molecular flexibility index (Phi) is 8.17. The maximum absolute atomic E-state index is 12.6. The maximum Gasteiger partial charge on any atom is 0.246 e. The van der Waals surface area contributed by atoms with E-state index >= 15 is 0 Å². The lowest BCUT2D eigenvalue weighted by Gasteiger charge is -2.37. The topological polar surface area (TPSA) is 23.6 Å². The highest BCUT2D eigenvalue weighted by Gasteiger charge is 2.26. The summed E-state index contributed by atoms with van der Waals surface area (Å²) in [4.78, 5) is 17.1. The molecule has 2 fully saturated rings. The fourth-order valence-corrected chi connectivity index (χ4v) is 5.21. The number of hydrogen-bond acceptors (Lipinski definition) is 2. The van der Waals surface area contributed by atoms with Crippen LogP contribution in [0.25, 0.3) is 6.08 Å². The van der Waals surface area contributed by atoms with Crippen LogP contribution in [0, 0.1) is 5.92 Å². The van der Waals surface area contributed by atoms with Gasteiger partial charge in [0.2, 0.25) is 5.91 Å². The molecule has 6 heteroatoms. The molecule has 0 aliphatic carbocycles. The van der Waals surface area contributed by atoms with E-state index in [1.54, 1.807) is 18.2 Å². The second-order valence-corrected chi connectivity index (χ2v) is 10.2. The van der Waals surface area contributed by atoms with E-state index in [1.165, 1.54) is 18.4 Å². The van der Waals surface area contributed by atoms with Gasteiger partial charge < -0.3 is 9.80 Å². The van der Waals surface area contributed by atoms with Crippen LogP contribution < -0.4 is 0 Å². The molecule has 0 N–H and O–H groups in total. The van der Waals surface area contributed by atoms with E-state index in [-0.39, 0.29) is 5.91 Å². The van der Waals surface area contributed by atoms with E-state index in [0.717, 1.165) is 56.2 Å². The molecular formula is C26H29Cl3N2O. The van der Waals surface area contributed by atoms with Gasteiger partial charge in [0.05, 0.1) is 10.0 Å². The predicted octanol–water partition coefficient (Wildman–Crippen LogP) is 6.78. The summed E-state index contributed by atoms with van der Waals surface area (Å²) in [6, 6.07) is 13.7. The molecule has 2 saturated heterocycles. The number of likely N-dealkylation sites (tertiary alicyclic amines) is 2. The minimum absolute atomic E-state index is 0.0679. The highest BCUT2D eigenvalue weighted by molar-refractivity contribution is 6.42. The molecule has 0 spiro atoms. The Morgan fingerprint density at radius 1 is 0.875 bits per heavy atom. The van der Waals surface area contributed by atoms with Gasteiger partial charge in [-0.2, -0.15) is 0 Å². The third kappa shape index (κ3) is 6.29. The average molecular weight is 492 g/mol. The van der Waals surface area contributed by atoms with E-state index in [0.29, 0.717) is 21.9 Å². The Labute approximate surface area is 205 Å². The first-order valence-electron chi connectivity index (χ1n) is 11.4. The van der Waals surface area contributed by atoms with Gasteiger partial charge in [0, 0.05) is 30.7 Å². The van der Waals surface area contributed by atoms with Crippen molar-refractivity contribution in [3.63, 3.8) is 0 Å². The summed E-state index contributed by atoms with van der Waals surface area (Å²) < 4.78 is 0. The minimum Gasteiger partial charge on any atom is -0.339 e. The zero-order valence-electron chi connectivity index (χ0n) is 18.2. The van der Waals surface area contributed by atoms with Crippen molar-refractivity contribution in [2.75, 3.05) is 32.7 Å². The lowest BCUT2D eigenvalue weighted by molar-refractivity contribution is -0.127. The van der Waals surface area contributed by atoms with Gasteiger partial charge in [0.15, 0.2) is 0 Å². The molecule has 0 saturated carbocycles. The van der Waals surface area contributed by atoms with Crippen LogP contribution in [0.15, 0.2) is 48.5 Å². The Bertz CT molecular complexity index is 944. The van der Waals surface area contributed by atoms with Crippen LogP contribution in [0.2, 0.25) is 15.1 Å². The molecule has 0 unspecified atom stereocenters. The molecule has 2 aliphatic rings. The molecule has 0 aromatic heterocycles. The highest BCUT2D eigenvalue weighted by atomic mass is 35.5. The van der Waals surface area contributed by atoms with Crippen molar-refractivity contribution >= 4 is 46.8 Å². The molecule has 0 radical (unpaired) electrons. The Morgan fingerprint density at radius 3 is 2.22 bits per heavy atom. The summed E-state index contributed by atoms with van der Waals surface area (Å²) in [5.41, 5.74) is 2.29. The van der Waals surface area contributed by atoms with Crippen molar-refractivity contribution in [3.05, 3.63) is 74.7 Å². The van der Waals surface area contributed by atoms with E-state index < -0.39 is 0 Å². The molecule has 4 rings (SSSR count). The number of piperidine rings is 2. The summed E-state index contributed by atoms with van der Waals surface area (Å²) >= 11 is 18.0. The maximum atomic E-state index is 12.6. The Hall–Kier alpha value is -1.52. The van der Waals surface area contributed by atoms with Gasteiger partial charge in [-0.15, -0.1) is 0 Å². The van der Waals surface area contributed by atoms with Crippen LogP contribution in [-0.4, -0.2) is 48.4 Å². The normalized spacial score (nSPS) is 19.0. The monoisotopic (exact) mass is 490 g/mol. The first kappa shape index (κ1) is 23.6. The molecule has 2 heterocycles. The molecule has 1 amide bonds. The fraction of sp³-hybridized carbons (Fsp3) is 0.423. The number of carbonyl (C=O) groups excluding carboxylic acids is 1. The van der Waals surface area contributed by atoms with Crippen molar-refractivity contribution in [1.29, 1.82) is 0 Å². The van der Waals surface area contributed by atoms with E-state index in [4.69, 9.17) is 34.8 Å². The van der Waals surface area contributed by atoms with Gasteiger partial charge in [0.1, 0.15) is 0 Å². The number of benzene rings is 2. The summed E-state index contributed by atoms with van der Waals surface area (Å²) in [7, 11) is 0. The second-order valence-electron chi connectivity index (χ2n) is 8.90. The van der Waals surface area contributed by atoms with Crippen molar-refractivity contribution in [3.8, 4) is 0 Å². The minimum atomic E-state index is 0.0679. The van der Waals surface area contributed by atoms with Crippen LogP contribution in [0.3, 0.4) is 0 Å². The van der Waals surface area contributed by atoms with Gasteiger partial charge in [-0.05, 0) is 92.1 Å². The van der Waals surface area contributed by atoms with Crippen LogP contribution in [0.1, 0.15) is 42.7 Å². The zero-order chi connectivity index (χ0) is 22.5. The highest BCUT2D eigenvalue weighted by Crippen LogP contribution is 2.30. The fourth-order valence-electron chi connectivity index (χ4n) is 4.77. The number of carbonyl (C=O) groups is 1. The van der Waals surface area contributed by atoms with Crippen LogP contribution >= 0.6 is 34.8 Å². The number of hydrogen-bond donors (Lipinski definition) is 0. The number of nitrogens with zero attached hydrogens (tertiary/aromatic N) is 2. The molecule has 2 aromatic rings. The molecule has 2 aliphatic heterocycles. The van der Waals surface area contributed by atoms with Crippen molar-refractivity contribution in [2.45, 2.75) is 31.6 Å². The number of halogens is 3. The third-order valence-electron chi connectivity index (χ3n) is 6.73. The molecule has 2 aromatic carbocycles. The van der Waals surface area contributed by atoms with Gasteiger partial charge in [0.25, 0.3) is 0 Å². The van der Waals surface area contributed by atoms with Gasteiger partial charge >= 0.3 is 0 Å². The Morgan fingerprint density at radius 2 is 1.56 bits per heavy atom. The average Bonchev–Trinajstić information content (AvgIpc) is 2.81. The SMILES string of the molecule is O=C(/C=C\c1ccc(Cl)c(Cl)c1)N1CCC(CN2CCC(c3ccc(Cl)cc3)CC2)CC1. The van der Waals surface area contributed by atoms with E-state index in [9.17, 15) is 4.79 Å². The van der Waals surface area contributed by atoms with Crippen LogP contribution in [0.5, 0.6) is 0 Å². The first-order chi connectivity index (χ1) is 15.5. The molecule has 0 bridgehead atoms. The predicted molar refractivity (Wildman–Crippen MR) is 135 cm³/mol. The first-order valence-corrected chi connectivity index (χ1v) is 12.5. The lowest BCUT2D eigenvalue weighted by atomic mass is 9.88. The van der Waals surface area contributed by atoms with Crippen LogP contribution in [-0.2, 0) is 4.79 Å². The van der Waals surface area contributed by atoms with Crippen LogP contribution in [0.4, 0.5) is 0 Å². The van der Waals surface area contributed by atoms with E-state index in [1.807, 2.05) is 29.2 Å². The largest absolute Gasteiger partial charge is 0.339 e. The van der Waals surface area contributed by atoms with Crippen molar-refractivity contribution in [2.24, 2.45) is 5.92 Å². The summed E-state index contributed by atoms with van der Waals surface area (Å²) in [5, 5.41) is 1.83. The summed E-state index contributed by atoms with van der Waals surface area (Å²) in [5.74, 6) is 1.38. The van der Waals surface area contributed by atoms with Gasteiger partial charge in [-0.25, -0.2) is 0 Å². The lowest BCUT2D eigenvalue weighted by Crippen LogP contribution is -2.42. The second kappa shape index (κ2) is 11.1. The number of rotatable bonds is 5. The molecule has 3 nitrogen and oxygen atoms in total. The smallest absolute Gasteiger partial charge is 0.246 e. The van der Waals surface area contributed by atoms with Gasteiger partial charge in [-0.1, -0.05) is 53.0 Å². The number of amides is 1. The Balaban J connectivity index is 1.19. The summed E-state index contributed by atoms with van der Waals surface area (Å²) in [6.45, 7) is 5.11. The molecule has 170 valence electrons. The summed E-state index contributed by atoms with van der Waals surface area (Å²) in [6.07, 6.45) is 8.01. The van der Waals surface area contributed by atoms with E-state index in [2.05, 4.69) is 17.0 Å². The van der Waals surface area contributed by atoms with Crippen molar-refractivity contribution < 1.29 is 4.79 Å². The molecule has 0 atom stereocenters. The third-order valence-corrected chi connectivity index (χ3v) is 7.72. The molecule has 32 heavy (non-hydrogen) atoms. The standard InChI is InChI=1S/C26H29Cl3N2O/c27-23-5-3-21(4-6-23)22-11-13-30(14-12-22)18-20-9-15-31(16-10-20)26(32)8-2-19-1-7-24(28)25(29)17-19/h1-8,17,20,22H,9-16,18H2/b8-2-. The quantitative estimate of drug-likeness (QED) is 0.430. The molecular weight excluding hydrogens is 463 g/mol.